The van der Waals surface area contributed by atoms with E-state index in [1.165, 1.54) is 6.33 Å². The summed E-state index contributed by atoms with van der Waals surface area (Å²) in [5, 5.41) is 3.95. The zero-order valence-corrected chi connectivity index (χ0v) is 4.86. The van der Waals surface area contributed by atoms with Gasteiger partial charge in [0.15, 0.2) is 0 Å². The predicted octanol–water partition coefficient (Wildman–Crippen LogP) is 0.384. The van der Waals surface area contributed by atoms with Crippen LogP contribution in [-0.4, -0.2) is 21.0 Å². The molecule has 0 bridgehead atoms. The standard InChI is InChI=1S/C5H6N4/c1-2-6-5-7-4-8-9(5)3-1/h2,4H,1,3H2. The van der Waals surface area contributed by atoms with E-state index in [1.807, 2.05) is 6.21 Å². The second-order valence-electron chi connectivity index (χ2n) is 1.88. The molecular weight excluding hydrogens is 116 g/mol. The van der Waals surface area contributed by atoms with Crippen LogP contribution < -0.4 is 0 Å². The van der Waals surface area contributed by atoms with Gasteiger partial charge in [-0.1, -0.05) is 0 Å². The molecule has 46 valence electrons. The Morgan fingerprint density at radius 2 is 2.56 bits per heavy atom. The van der Waals surface area contributed by atoms with Crippen LogP contribution in [0.1, 0.15) is 6.42 Å². The lowest BCUT2D eigenvalue weighted by molar-refractivity contribution is 0.628. The fraction of sp³-hybridized carbons (Fsp3) is 0.400. The number of aryl methyl sites for hydroxylation is 1. The van der Waals surface area contributed by atoms with Gasteiger partial charge in [-0.05, 0) is 0 Å². The van der Waals surface area contributed by atoms with E-state index in [9.17, 15) is 0 Å². The zero-order chi connectivity index (χ0) is 6.10. The van der Waals surface area contributed by atoms with Crippen molar-refractivity contribution in [3.63, 3.8) is 0 Å². The van der Waals surface area contributed by atoms with E-state index in [0.717, 1.165) is 18.9 Å². The van der Waals surface area contributed by atoms with Gasteiger partial charge < -0.3 is 0 Å². The lowest BCUT2D eigenvalue weighted by Crippen LogP contribution is -2.03. The highest BCUT2D eigenvalue weighted by Gasteiger charge is 2.03. The number of nitrogens with zero attached hydrogens (tertiary/aromatic N) is 4. The molecule has 1 aliphatic rings. The van der Waals surface area contributed by atoms with Crippen molar-refractivity contribution >= 4 is 12.2 Å². The van der Waals surface area contributed by atoms with Gasteiger partial charge in [-0.2, -0.15) is 10.1 Å². The Bertz CT molecular complexity index is 237. The highest BCUT2D eigenvalue weighted by Crippen LogP contribution is 2.09. The van der Waals surface area contributed by atoms with Crippen LogP contribution in [0, 0.1) is 0 Å². The Hall–Kier alpha value is -1.19. The summed E-state index contributed by atoms with van der Waals surface area (Å²) in [6.07, 6.45) is 4.36. The first-order valence-corrected chi connectivity index (χ1v) is 2.87. The van der Waals surface area contributed by atoms with Gasteiger partial charge in [-0.3, -0.25) is 0 Å². The van der Waals surface area contributed by atoms with Crippen molar-refractivity contribution in [3.8, 4) is 0 Å². The maximum Gasteiger partial charge on any atom is 0.247 e. The highest BCUT2D eigenvalue weighted by molar-refractivity contribution is 5.61. The van der Waals surface area contributed by atoms with Crippen LogP contribution in [0.15, 0.2) is 11.3 Å². The molecule has 1 aromatic heterocycles. The molecule has 9 heavy (non-hydrogen) atoms. The summed E-state index contributed by atoms with van der Waals surface area (Å²) in [4.78, 5) is 7.93. The second-order valence-corrected chi connectivity index (χ2v) is 1.88. The van der Waals surface area contributed by atoms with Crippen molar-refractivity contribution in [2.75, 3.05) is 0 Å². The maximum absolute atomic E-state index is 4.02. The molecule has 1 aliphatic heterocycles. The van der Waals surface area contributed by atoms with Gasteiger partial charge in [0, 0.05) is 19.2 Å². The van der Waals surface area contributed by atoms with E-state index in [4.69, 9.17) is 0 Å². The SMILES string of the molecule is C1=Nc2ncnn2CC1. The van der Waals surface area contributed by atoms with E-state index in [-0.39, 0.29) is 0 Å². The third kappa shape index (κ3) is 0.630. The summed E-state index contributed by atoms with van der Waals surface area (Å²) >= 11 is 0. The third-order valence-corrected chi connectivity index (χ3v) is 1.27. The Kier molecular flexibility index (Phi) is 0.855. The van der Waals surface area contributed by atoms with Crippen LogP contribution in [0.4, 0.5) is 5.95 Å². The first kappa shape index (κ1) is 4.67. The van der Waals surface area contributed by atoms with E-state index in [2.05, 4.69) is 15.1 Å². The smallest absolute Gasteiger partial charge is 0.230 e. The minimum absolute atomic E-state index is 0.723. The minimum Gasteiger partial charge on any atom is -0.230 e. The molecule has 0 aliphatic carbocycles. The Labute approximate surface area is 52.2 Å². The van der Waals surface area contributed by atoms with Crippen molar-refractivity contribution in [2.45, 2.75) is 13.0 Å². The van der Waals surface area contributed by atoms with Gasteiger partial charge in [-0.15, -0.1) is 0 Å². The highest BCUT2D eigenvalue weighted by atomic mass is 15.4. The summed E-state index contributed by atoms with van der Waals surface area (Å²) in [5.41, 5.74) is 0. The topological polar surface area (TPSA) is 43.1 Å². The van der Waals surface area contributed by atoms with Gasteiger partial charge in [0.2, 0.25) is 5.95 Å². The molecule has 0 saturated heterocycles. The van der Waals surface area contributed by atoms with Crippen LogP contribution in [0.2, 0.25) is 0 Å². The first-order chi connectivity index (χ1) is 4.47. The van der Waals surface area contributed by atoms with Gasteiger partial charge in [-0.25, -0.2) is 9.67 Å². The summed E-state index contributed by atoms with van der Waals surface area (Å²) in [7, 11) is 0. The van der Waals surface area contributed by atoms with Crippen molar-refractivity contribution in [1.29, 1.82) is 0 Å². The molecule has 0 saturated carbocycles. The lowest BCUT2D eigenvalue weighted by atomic mass is 10.4. The Morgan fingerprint density at radius 1 is 1.56 bits per heavy atom. The van der Waals surface area contributed by atoms with Crippen molar-refractivity contribution < 1.29 is 0 Å². The van der Waals surface area contributed by atoms with Crippen LogP contribution in [0.25, 0.3) is 0 Å². The summed E-state index contributed by atoms with van der Waals surface area (Å²) in [6, 6.07) is 0. The van der Waals surface area contributed by atoms with Crippen LogP contribution >= 0.6 is 0 Å². The van der Waals surface area contributed by atoms with Crippen LogP contribution in [0.5, 0.6) is 0 Å². The number of hydrogen-bond acceptors (Lipinski definition) is 3. The van der Waals surface area contributed by atoms with Crippen molar-refractivity contribution in [1.82, 2.24) is 14.8 Å². The Balaban J connectivity index is 2.53. The monoisotopic (exact) mass is 122 g/mol. The lowest BCUT2D eigenvalue weighted by Gasteiger charge is -2.02. The Morgan fingerprint density at radius 3 is 3.44 bits per heavy atom. The first-order valence-electron chi connectivity index (χ1n) is 2.87. The number of aliphatic imine (C=N–C) groups is 1. The van der Waals surface area contributed by atoms with Crippen LogP contribution in [0.3, 0.4) is 0 Å². The van der Waals surface area contributed by atoms with Gasteiger partial charge in [0.05, 0.1) is 0 Å². The summed E-state index contributed by atoms with van der Waals surface area (Å²) < 4.78 is 1.79. The molecule has 0 atom stereocenters. The normalized spacial score (nSPS) is 15.6. The molecule has 0 aromatic carbocycles. The zero-order valence-electron chi connectivity index (χ0n) is 4.86. The molecule has 2 heterocycles. The average molecular weight is 122 g/mol. The number of rotatable bonds is 0. The molecule has 0 amide bonds. The van der Waals surface area contributed by atoms with E-state index in [1.54, 1.807) is 4.68 Å². The molecule has 0 radical (unpaired) electrons. The molecule has 0 unspecified atom stereocenters. The fourth-order valence-electron chi connectivity index (χ4n) is 0.842. The summed E-state index contributed by atoms with van der Waals surface area (Å²) in [5.74, 6) is 0.723. The molecule has 1 aromatic rings. The van der Waals surface area contributed by atoms with E-state index >= 15 is 0 Å². The number of fused-ring (bicyclic) bond motifs is 1. The molecular formula is C5H6N4. The van der Waals surface area contributed by atoms with Gasteiger partial charge >= 0.3 is 0 Å². The molecule has 0 spiro atoms. The van der Waals surface area contributed by atoms with Crippen molar-refractivity contribution in [2.24, 2.45) is 4.99 Å². The molecule has 0 N–H and O–H groups in total. The van der Waals surface area contributed by atoms with E-state index in [0.29, 0.717) is 0 Å². The summed E-state index contributed by atoms with van der Waals surface area (Å²) in [6.45, 7) is 0.916. The average Bonchev–Trinajstić information content (AvgIpc) is 2.33. The fourth-order valence-corrected chi connectivity index (χ4v) is 0.842. The molecule has 4 nitrogen and oxygen atoms in total. The largest absolute Gasteiger partial charge is 0.247 e. The quantitative estimate of drug-likeness (QED) is 0.499. The molecule has 4 heteroatoms. The number of aromatic nitrogens is 3. The van der Waals surface area contributed by atoms with Gasteiger partial charge in [0.1, 0.15) is 6.33 Å². The third-order valence-electron chi connectivity index (χ3n) is 1.27. The molecule has 0 fully saturated rings. The maximum atomic E-state index is 4.02. The second kappa shape index (κ2) is 1.65. The van der Waals surface area contributed by atoms with Crippen molar-refractivity contribution in [3.05, 3.63) is 6.33 Å². The van der Waals surface area contributed by atoms with E-state index < -0.39 is 0 Å². The minimum atomic E-state index is 0.723. The predicted molar refractivity (Wildman–Crippen MR) is 32.8 cm³/mol. The molecule has 2 rings (SSSR count). The number of hydrogen-bond donors (Lipinski definition) is 0. The van der Waals surface area contributed by atoms with Crippen LogP contribution in [-0.2, 0) is 6.54 Å². The van der Waals surface area contributed by atoms with Gasteiger partial charge in [0.25, 0.3) is 0 Å².